The maximum absolute atomic E-state index is 8.78. The molecule has 1 atom stereocenters. The lowest BCUT2D eigenvalue weighted by molar-refractivity contribution is 0.505. The number of hydrogen-bond acceptors (Lipinski definition) is 3. The maximum atomic E-state index is 8.78. The summed E-state index contributed by atoms with van der Waals surface area (Å²) < 4.78 is 2.09. The summed E-state index contributed by atoms with van der Waals surface area (Å²) in [5.74, 6) is 1.74. The highest BCUT2D eigenvalue weighted by Gasteiger charge is 2.19. The molecule has 13 heavy (non-hydrogen) atoms. The van der Waals surface area contributed by atoms with Gasteiger partial charge in [-0.15, -0.1) is 10.2 Å². The van der Waals surface area contributed by atoms with E-state index in [1.54, 1.807) is 0 Å². The Hall–Kier alpha value is -1.37. The topological polar surface area (TPSA) is 54.5 Å². The number of nitriles is 1. The molecule has 68 valence electrons. The third-order valence-corrected chi connectivity index (χ3v) is 2.47. The van der Waals surface area contributed by atoms with Crippen molar-refractivity contribution < 1.29 is 0 Å². The molecule has 0 N–H and O–H groups in total. The predicted molar refractivity (Wildman–Crippen MR) is 47.0 cm³/mol. The van der Waals surface area contributed by atoms with Gasteiger partial charge in [0.2, 0.25) is 0 Å². The number of nitrogens with zero attached hydrogens (tertiary/aromatic N) is 4. The minimum atomic E-state index is -0.139. The fourth-order valence-electron chi connectivity index (χ4n) is 1.71. The number of rotatable bonds is 1. The smallest absolute Gasteiger partial charge is 0.150 e. The molecule has 1 aliphatic heterocycles. The van der Waals surface area contributed by atoms with Crippen LogP contribution >= 0.6 is 0 Å². The lowest BCUT2D eigenvalue weighted by Gasteiger charge is -2.14. The third kappa shape index (κ3) is 1.31. The van der Waals surface area contributed by atoms with E-state index >= 15 is 0 Å². The minimum absolute atomic E-state index is 0.139. The van der Waals surface area contributed by atoms with E-state index in [9.17, 15) is 0 Å². The first-order chi connectivity index (χ1) is 6.33. The van der Waals surface area contributed by atoms with Gasteiger partial charge in [-0.25, -0.2) is 0 Å². The van der Waals surface area contributed by atoms with Crippen molar-refractivity contribution in [1.29, 1.82) is 5.26 Å². The van der Waals surface area contributed by atoms with Crippen molar-refractivity contribution in [3.05, 3.63) is 11.6 Å². The standard InChI is InChI=1S/C9H12N4/c1-7(6-10)9-12-11-8-4-2-3-5-13(8)9/h7H,2-5H2,1H3. The Morgan fingerprint density at radius 2 is 2.31 bits per heavy atom. The van der Waals surface area contributed by atoms with Crippen LogP contribution in [0.2, 0.25) is 0 Å². The van der Waals surface area contributed by atoms with Crippen LogP contribution < -0.4 is 0 Å². The summed E-state index contributed by atoms with van der Waals surface area (Å²) in [6.45, 7) is 2.84. The Bertz CT molecular complexity index is 347. The highest BCUT2D eigenvalue weighted by molar-refractivity contribution is 5.10. The van der Waals surface area contributed by atoms with Crippen LogP contribution in [-0.2, 0) is 13.0 Å². The molecule has 0 saturated carbocycles. The van der Waals surface area contributed by atoms with E-state index in [4.69, 9.17) is 5.26 Å². The Balaban J connectivity index is 2.38. The van der Waals surface area contributed by atoms with Gasteiger partial charge in [-0.3, -0.25) is 0 Å². The summed E-state index contributed by atoms with van der Waals surface area (Å²) in [6.07, 6.45) is 3.38. The number of aryl methyl sites for hydroxylation is 1. The molecule has 0 radical (unpaired) electrons. The van der Waals surface area contributed by atoms with Gasteiger partial charge in [0.25, 0.3) is 0 Å². The van der Waals surface area contributed by atoms with Gasteiger partial charge in [0.1, 0.15) is 17.6 Å². The van der Waals surface area contributed by atoms with Crippen LogP contribution in [-0.4, -0.2) is 14.8 Å². The quantitative estimate of drug-likeness (QED) is 0.647. The highest BCUT2D eigenvalue weighted by atomic mass is 15.3. The van der Waals surface area contributed by atoms with Crippen LogP contribution in [0.3, 0.4) is 0 Å². The van der Waals surface area contributed by atoms with E-state index in [1.165, 1.54) is 12.8 Å². The van der Waals surface area contributed by atoms with Gasteiger partial charge in [-0.1, -0.05) is 0 Å². The van der Waals surface area contributed by atoms with Crippen LogP contribution in [0.4, 0.5) is 0 Å². The van der Waals surface area contributed by atoms with Crippen molar-refractivity contribution in [2.45, 2.75) is 38.6 Å². The summed E-state index contributed by atoms with van der Waals surface area (Å²) in [5, 5.41) is 16.9. The number of hydrogen-bond donors (Lipinski definition) is 0. The molecule has 1 aliphatic rings. The lowest BCUT2D eigenvalue weighted by Crippen LogP contribution is -2.14. The van der Waals surface area contributed by atoms with Gasteiger partial charge in [-0.2, -0.15) is 5.26 Å². The van der Waals surface area contributed by atoms with Gasteiger partial charge >= 0.3 is 0 Å². The number of fused-ring (bicyclic) bond motifs is 1. The molecule has 0 aromatic carbocycles. The van der Waals surface area contributed by atoms with Crippen LogP contribution in [0.5, 0.6) is 0 Å². The van der Waals surface area contributed by atoms with Gasteiger partial charge < -0.3 is 4.57 Å². The molecule has 0 amide bonds. The highest BCUT2D eigenvalue weighted by Crippen LogP contribution is 2.19. The molecule has 0 fully saturated rings. The Morgan fingerprint density at radius 3 is 3.08 bits per heavy atom. The first-order valence-corrected chi connectivity index (χ1v) is 4.64. The molecule has 0 bridgehead atoms. The normalized spacial score (nSPS) is 17.5. The van der Waals surface area contributed by atoms with Crippen molar-refractivity contribution in [3.63, 3.8) is 0 Å². The van der Waals surface area contributed by atoms with Crippen molar-refractivity contribution in [3.8, 4) is 6.07 Å². The summed E-state index contributed by atoms with van der Waals surface area (Å²) >= 11 is 0. The lowest BCUT2D eigenvalue weighted by atomic mass is 10.1. The van der Waals surface area contributed by atoms with E-state index < -0.39 is 0 Å². The van der Waals surface area contributed by atoms with Crippen molar-refractivity contribution in [2.24, 2.45) is 0 Å². The van der Waals surface area contributed by atoms with E-state index in [0.29, 0.717) is 0 Å². The minimum Gasteiger partial charge on any atom is -0.314 e. The van der Waals surface area contributed by atoms with Crippen LogP contribution in [0, 0.1) is 11.3 Å². The van der Waals surface area contributed by atoms with Crippen LogP contribution in [0.15, 0.2) is 0 Å². The van der Waals surface area contributed by atoms with E-state index in [2.05, 4.69) is 20.8 Å². The van der Waals surface area contributed by atoms with Crippen LogP contribution in [0.25, 0.3) is 0 Å². The largest absolute Gasteiger partial charge is 0.314 e. The fourth-order valence-corrected chi connectivity index (χ4v) is 1.71. The third-order valence-electron chi connectivity index (χ3n) is 2.47. The molecular weight excluding hydrogens is 164 g/mol. The Kier molecular flexibility index (Phi) is 2.01. The summed E-state index contributed by atoms with van der Waals surface area (Å²) in [4.78, 5) is 0. The van der Waals surface area contributed by atoms with Crippen molar-refractivity contribution in [1.82, 2.24) is 14.8 Å². The summed E-state index contributed by atoms with van der Waals surface area (Å²) in [6, 6.07) is 2.19. The second-order valence-electron chi connectivity index (χ2n) is 3.43. The summed E-state index contributed by atoms with van der Waals surface area (Å²) in [5.41, 5.74) is 0. The zero-order valence-electron chi connectivity index (χ0n) is 7.69. The zero-order valence-corrected chi connectivity index (χ0v) is 7.69. The molecule has 2 heterocycles. The fraction of sp³-hybridized carbons (Fsp3) is 0.667. The number of aromatic nitrogens is 3. The SMILES string of the molecule is CC(C#N)c1nnc2n1CCCC2. The molecule has 0 spiro atoms. The van der Waals surface area contributed by atoms with E-state index in [0.717, 1.165) is 24.6 Å². The van der Waals surface area contributed by atoms with Crippen LogP contribution in [0.1, 0.15) is 37.3 Å². The van der Waals surface area contributed by atoms with E-state index in [-0.39, 0.29) is 5.92 Å². The molecule has 1 aromatic heterocycles. The first kappa shape index (κ1) is 8.24. The maximum Gasteiger partial charge on any atom is 0.150 e. The first-order valence-electron chi connectivity index (χ1n) is 4.64. The second kappa shape index (κ2) is 3.17. The van der Waals surface area contributed by atoms with Crippen molar-refractivity contribution in [2.75, 3.05) is 0 Å². The molecule has 1 aromatic rings. The molecule has 0 aliphatic carbocycles. The molecule has 2 rings (SSSR count). The van der Waals surface area contributed by atoms with E-state index in [1.807, 2.05) is 6.92 Å². The zero-order chi connectivity index (χ0) is 9.26. The average Bonchev–Trinajstić information content (AvgIpc) is 2.60. The van der Waals surface area contributed by atoms with Gasteiger partial charge in [-0.05, 0) is 19.8 Å². The molecule has 4 heteroatoms. The molecule has 1 unspecified atom stereocenters. The Morgan fingerprint density at radius 1 is 1.46 bits per heavy atom. The second-order valence-corrected chi connectivity index (χ2v) is 3.43. The molecule has 4 nitrogen and oxygen atoms in total. The molecule has 0 saturated heterocycles. The monoisotopic (exact) mass is 176 g/mol. The van der Waals surface area contributed by atoms with Gasteiger partial charge in [0.15, 0.2) is 0 Å². The molecular formula is C9H12N4. The Labute approximate surface area is 77.2 Å². The van der Waals surface area contributed by atoms with Gasteiger partial charge in [0, 0.05) is 13.0 Å². The predicted octanol–water partition coefficient (Wildman–Crippen LogP) is 1.24. The van der Waals surface area contributed by atoms with Crippen molar-refractivity contribution >= 4 is 0 Å². The summed E-state index contributed by atoms with van der Waals surface area (Å²) in [7, 11) is 0. The van der Waals surface area contributed by atoms with Gasteiger partial charge in [0.05, 0.1) is 6.07 Å². The average molecular weight is 176 g/mol.